The molecule has 0 aliphatic carbocycles. The van der Waals surface area contributed by atoms with E-state index >= 15 is 0 Å². The maximum atomic E-state index is 13.3. The summed E-state index contributed by atoms with van der Waals surface area (Å²) < 4.78 is 26.2. The van der Waals surface area contributed by atoms with E-state index in [0.29, 0.717) is 5.56 Å². The summed E-state index contributed by atoms with van der Waals surface area (Å²) >= 11 is 0. The fraction of sp³-hybridized carbons (Fsp3) is 0.176. The van der Waals surface area contributed by atoms with E-state index in [1.54, 1.807) is 0 Å². The lowest BCUT2D eigenvalue weighted by molar-refractivity contribution is -0.387. The van der Waals surface area contributed by atoms with Crippen molar-refractivity contribution in [3.05, 3.63) is 75.3 Å². The Kier molecular flexibility index (Phi) is 5.94. The topological polar surface area (TPSA) is 110 Å². The summed E-state index contributed by atoms with van der Waals surface area (Å²) in [7, 11) is 0. The van der Waals surface area contributed by atoms with Crippen molar-refractivity contribution >= 4 is 17.6 Å². The minimum atomic E-state index is -1.35. The highest BCUT2D eigenvalue weighted by atomic mass is 19.1. The first-order valence-electron chi connectivity index (χ1n) is 7.45. The van der Waals surface area contributed by atoms with Crippen LogP contribution in [-0.4, -0.2) is 27.9 Å². The Morgan fingerprint density at radius 3 is 2.31 bits per heavy atom. The Bertz CT molecular complexity index is 840. The fourth-order valence-corrected chi connectivity index (χ4v) is 2.29. The summed E-state index contributed by atoms with van der Waals surface area (Å²) in [5.74, 6) is -3.45. The fourth-order valence-electron chi connectivity index (χ4n) is 2.29. The molecule has 1 amide bonds. The average molecular weight is 364 g/mol. The van der Waals surface area contributed by atoms with E-state index in [2.05, 4.69) is 5.32 Å². The number of nitro benzene ring substituents is 1. The molecule has 0 unspecified atom stereocenters. The highest BCUT2D eigenvalue weighted by molar-refractivity contribution is 5.85. The van der Waals surface area contributed by atoms with Gasteiger partial charge in [0.2, 0.25) is 11.7 Å². The van der Waals surface area contributed by atoms with Crippen LogP contribution in [-0.2, 0) is 22.4 Å². The smallest absolute Gasteiger partial charge is 0.326 e. The molecule has 0 bridgehead atoms. The van der Waals surface area contributed by atoms with Gasteiger partial charge in [-0.3, -0.25) is 14.9 Å². The molecule has 0 aliphatic rings. The van der Waals surface area contributed by atoms with E-state index in [1.807, 2.05) is 0 Å². The molecule has 0 spiro atoms. The molecule has 7 nitrogen and oxygen atoms in total. The molecule has 0 radical (unpaired) electrons. The van der Waals surface area contributed by atoms with Crippen molar-refractivity contribution in [1.82, 2.24) is 5.32 Å². The number of halogens is 2. The SMILES string of the molecule is O=C(Cc1ccc(F)cc1)N[C@@H](Cc1ccc(F)c([N+](=O)[O-])c1)C(=O)O. The maximum Gasteiger partial charge on any atom is 0.326 e. The number of nitro groups is 1. The van der Waals surface area contributed by atoms with Crippen molar-refractivity contribution in [3.63, 3.8) is 0 Å². The lowest BCUT2D eigenvalue weighted by Gasteiger charge is -2.15. The van der Waals surface area contributed by atoms with Crippen molar-refractivity contribution in [3.8, 4) is 0 Å². The first-order valence-corrected chi connectivity index (χ1v) is 7.45. The lowest BCUT2D eigenvalue weighted by Crippen LogP contribution is -2.43. The Morgan fingerprint density at radius 1 is 1.12 bits per heavy atom. The number of hydrogen-bond donors (Lipinski definition) is 2. The molecule has 0 heterocycles. The van der Waals surface area contributed by atoms with Gasteiger partial charge in [-0.25, -0.2) is 9.18 Å². The van der Waals surface area contributed by atoms with Crippen molar-refractivity contribution in [2.75, 3.05) is 0 Å². The third-order valence-corrected chi connectivity index (χ3v) is 3.56. The monoisotopic (exact) mass is 364 g/mol. The van der Waals surface area contributed by atoms with Gasteiger partial charge >= 0.3 is 11.7 Å². The van der Waals surface area contributed by atoms with Crippen LogP contribution in [0.5, 0.6) is 0 Å². The van der Waals surface area contributed by atoms with Crippen LogP contribution in [0.2, 0.25) is 0 Å². The molecule has 0 saturated heterocycles. The predicted octanol–water partition coefficient (Wildman–Crippen LogP) is 2.23. The van der Waals surface area contributed by atoms with Gasteiger partial charge in [-0.2, -0.15) is 4.39 Å². The standard InChI is InChI=1S/C17H14F2N2O5/c18-12-4-1-10(2-5-12)9-16(22)20-14(17(23)24)7-11-3-6-13(19)15(8-11)21(25)26/h1-6,8,14H,7,9H2,(H,20,22)(H,23,24)/t14-/m0/s1. The van der Waals surface area contributed by atoms with E-state index in [0.717, 1.165) is 12.1 Å². The van der Waals surface area contributed by atoms with Crippen LogP contribution >= 0.6 is 0 Å². The first-order chi connectivity index (χ1) is 12.3. The van der Waals surface area contributed by atoms with E-state index in [1.165, 1.54) is 30.3 Å². The molecular formula is C17H14F2N2O5. The highest BCUT2D eigenvalue weighted by Crippen LogP contribution is 2.19. The molecule has 2 aromatic rings. The summed E-state index contributed by atoms with van der Waals surface area (Å²) in [6, 6.07) is 6.80. The normalized spacial score (nSPS) is 11.6. The minimum absolute atomic E-state index is 0.159. The van der Waals surface area contributed by atoms with Crippen molar-refractivity contribution < 1.29 is 28.4 Å². The molecular weight excluding hydrogens is 350 g/mol. The van der Waals surface area contributed by atoms with Crippen molar-refractivity contribution in [2.45, 2.75) is 18.9 Å². The van der Waals surface area contributed by atoms with Crippen molar-refractivity contribution in [2.24, 2.45) is 0 Å². The molecule has 2 N–H and O–H groups in total. The molecule has 0 saturated carbocycles. The summed E-state index contributed by atoms with van der Waals surface area (Å²) in [5.41, 5.74) is -0.0951. The number of nitrogens with zero attached hydrogens (tertiary/aromatic N) is 1. The Hall–Kier alpha value is -3.36. The largest absolute Gasteiger partial charge is 0.480 e. The molecule has 0 aliphatic heterocycles. The van der Waals surface area contributed by atoms with Crippen LogP contribution in [0.25, 0.3) is 0 Å². The van der Waals surface area contributed by atoms with Crippen LogP contribution in [0.3, 0.4) is 0 Å². The highest BCUT2D eigenvalue weighted by Gasteiger charge is 2.22. The van der Waals surface area contributed by atoms with Gasteiger partial charge < -0.3 is 10.4 Å². The van der Waals surface area contributed by atoms with Crippen LogP contribution in [0, 0.1) is 21.7 Å². The summed E-state index contributed by atoms with van der Waals surface area (Å²) in [4.78, 5) is 33.2. The van der Waals surface area contributed by atoms with Gasteiger partial charge in [-0.05, 0) is 29.3 Å². The number of carbonyl (C=O) groups excluding carboxylic acids is 1. The third kappa shape index (κ3) is 5.07. The number of carboxylic acid groups (broad SMARTS) is 1. The Balaban J connectivity index is 2.08. The number of nitrogens with one attached hydrogen (secondary N) is 1. The molecule has 2 rings (SSSR count). The number of benzene rings is 2. The minimum Gasteiger partial charge on any atom is -0.480 e. The zero-order valence-electron chi connectivity index (χ0n) is 13.3. The van der Waals surface area contributed by atoms with Crippen LogP contribution < -0.4 is 5.32 Å². The second kappa shape index (κ2) is 8.15. The second-order valence-electron chi connectivity index (χ2n) is 5.51. The van der Waals surface area contributed by atoms with E-state index < -0.39 is 40.2 Å². The number of carbonyl (C=O) groups is 2. The van der Waals surface area contributed by atoms with Gasteiger partial charge in [-0.1, -0.05) is 18.2 Å². The van der Waals surface area contributed by atoms with Crippen LogP contribution in [0.15, 0.2) is 42.5 Å². The van der Waals surface area contributed by atoms with Crippen LogP contribution in [0.1, 0.15) is 11.1 Å². The number of hydrogen-bond acceptors (Lipinski definition) is 4. The number of carboxylic acids is 1. The number of rotatable bonds is 7. The van der Waals surface area contributed by atoms with Gasteiger partial charge in [0.25, 0.3) is 0 Å². The number of aliphatic carboxylic acids is 1. The van der Waals surface area contributed by atoms with E-state index in [9.17, 15) is 33.6 Å². The van der Waals surface area contributed by atoms with Crippen molar-refractivity contribution in [1.29, 1.82) is 0 Å². The summed E-state index contributed by atoms with van der Waals surface area (Å²) in [5, 5.41) is 22.3. The molecule has 2 aromatic carbocycles. The zero-order chi connectivity index (χ0) is 19.3. The molecule has 136 valence electrons. The summed E-state index contributed by atoms with van der Waals surface area (Å²) in [6.07, 6.45) is -0.417. The first kappa shape index (κ1) is 19.0. The number of amides is 1. The van der Waals surface area contributed by atoms with Gasteiger partial charge in [0.15, 0.2) is 0 Å². The van der Waals surface area contributed by atoms with Gasteiger partial charge in [-0.15, -0.1) is 0 Å². The van der Waals surface area contributed by atoms with Gasteiger partial charge in [0.05, 0.1) is 11.3 Å². The molecule has 26 heavy (non-hydrogen) atoms. The second-order valence-corrected chi connectivity index (χ2v) is 5.51. The maximum absolute atomic E-state index is 13.3. The lowest BCUT2D eigenvalue weighted by atomic mass is 10.0. The zero-order valence-corrected chi connectivity index (χ0v) is 13.3. The predicted molar refractivity (Wildman–Crippen MR) is 86.4 cm³/mol. The Morgan fingerprint density at radius 2 is 1.73 bits per heavy atom. The molecule has 0 fully saturated rings. The third-order valence-electron chi connectivity index (χ3n) is 3.56. The molecule has 9 heteroatoms. The Labute approximate surface area is 146 Å². The van der Waals surface area contributed by atoms with Gasteiger partial charge in [0.1, 0.15) is 11.9 Å². The molecule has 0 aromatic heterocycles. The molecule has 1 atom stereocenters. The van der Waals surface area contributed by atoms with E-state index in [4.69, 9.17) is 0 Å². The summed E-state index contributed by atoms with van der Waals surface area (Å²) in [6.45, 7) is 0. The van der Waals surface area contributed by atoms with E-state index in [-0.39, 0.29) is 18.4 Å². The van der Waals surface area contributed by atoms with Crippen LogP contribution in [0.4, 0.5) is 14.5 Å². The van der Waals surface area contributed by atoms with Gasteiger partial charge in [0, 0.05) is 12.5 Å². The average Bonchev–Trinajstić information content (AvgIpc) is 2.57. The quantitative estimate of drug-likeness (QED) is 0.578.